The summed E-state index contributed by atoms with van der Waals surface area (Å²) in [5.41, 5.74) is 10.2. The van der Waals surface area contributed by atoms with Crippen LogP contribution in [0.15, 0.2) is 22.8 Å². The molecule has 1 aromatic heterocycles. The minimum Gasteiger partial charge on any atom is -0.459 e. The number of carbonyl (C=O) groups excluding carboxylic acids is 2. The second-order valence-electron chi connectivity index (χ2n) is 3.83. The summed E-state index contributed by atoms with van der Waals surface area (Å²) in [5, 5.41) is 0. The van der Waals surface area contributed by atoms with E-state index < -0.39 is 17.9 Å². The maximum absolute atomic E-state index is 11.5. The Bertz CT molecular complexity index is 375. The minimum atomic E-state index is -0.642. The number of hydrogen-bond donors (Lipinski definition) is 3. The molecular formula is C11H17N3O3. The maximum Gasteiger partial charge on any atom is 0.305 e. The zero-order valence-electron chi connectivity index (χ0n) is 9.90. The van der Waals surface area contributed by atoms with Crippen LogP contribution >= 0.6 is 0 Å². The van der Waals surface area contributed by atoms with Crippen molar-refractivity contribution in [3.8, 4) is 0 Å². The number of amides is 2. The number of nitrogens with one attached hydrogen (secondary N) is 2. The van der Waals surface area contributed by atoms with E-state index in [1.807, 2.05) is 13.8 Å². The van der Waals surface area contributed by atoms with Gasteiger partial charge >= 0.3 is 5.91 Å². The van der Waals surface area contributed by atoms with Gasteiger partial charge in [0.15, 0.2) is 5.76 Å². The molecule has 1 unspecified atom stereocenters. The fourth-order valence-electron chi connectivity index (χ4n) is 1.18. The first kappa shape index (κ1) is 13.2. The molecule has 1 heterocycles. The lowest BCUT2D eigenvalue weighted by Gasteiger charge is -2.17. The number of carbonyl (C=O) groups is 2. The van der Waals surface area contributed by atoms with E-state index >= 15 is 0 Å². The molecule has 0 aliphatic heterocycles. The van der Waals surface area contributed by atoms with E-state index in [1.54, 1.807) is 6.07 Å². The van der Waals surface area contributed by atoms with Crippen LogP contribution in [0.3, 0.4) is 0 Å². The zero-order chi connectivity index (χ0) is 12.8. The van der Waals surface area contributed by atoms with Gasteiger partial charge in [-0.1, -0.05) is 20.3 Å². The molecule has 0 saturated heterocycles. The normalized spacial score (nSPS) is 13.8. The Morgan fingerprint density at radius 2 is 2.18 bits per heavy atom. The van der Waals surface area contributed by atoms with Crippen molar-refractivity contribution in [1.29, 1.82) is 0 Å². The highest BCUT2D eigenvalue weighted by atomic mass is 16.3. The lowest BCUT2D eigenvalue weighted by Crippen LogP contribution is -2.51. The van der Waals surface area contributed by atoms with Crippen LogP contribution in [0.5, 0.6) is 0 Å². The Kier molecular flexibility index (Phi) is 4.71. The van der Waals surface area contributed by atoms with Crippen LogP contribution in [-0.2, 0) is 4.79 Å². The van der Waals surface area contributed by atoms with Gasteiger partial charge in [0, 0.05) is 0 Å². The average Bonchev–Trinajstić information content (AvgIpc) is 2.87. The molecule has 0 saturated carbocycles. The van der Waals surface area contributed by atoms with E-state index in [0.717, 1.165) is 6.42 Å². The Morgan fingerprint density at radius 3 is 2.71 bits per heavy atom. The van der Waals surface area contributed by atoms with Gasteiger partial charge in [0.25, 0.3) is 5.91 Å². The number of rotatable bonds is 4. The molecule has 94 valence electrons. The molecule has 17 heavy (non-hydrogen) atoms. The third-order valence-corrected chi connectivity index (χ3v) is 2.60. The Balaban J connectivity index is 2.41. The van der Waals surface area contributed by atoms with Crippen molar-refractivity contribution in [3.05, 3.63) is 24.2 Å². The molecule has 2 amide bonds. The standard InChI is InChI=1S/C11H17N3O3/c1-3-7(2)9(12)11(16)14-13-10(15)8-5-4-6-17-8/h4-7,9H,3,12H2,1-2H3,(H,13,15)(H,14,16)/t7?,9-/m0/s1. The van der Waals surface area contributed by atoms with E-state index in [0.29, 0.717) is 0 Å². The van der Waals surface area contributed by atoms with Gasteiger partial charge in [0.05, 0.1) is 12.3 Å². The number of furan rings is 1. The molecule has 6 nitrogen and oxygen atoms in total. The summed E-state index contributed by atoms with van der Waals surface area (Å²) < 4.78 is 4.86. The topological polar surface area (TPSA) is 97.4 Å². The largest absolute Gasteiger partial charge is 0.459 e. The second-order valence-corrected chi connectivity index (χ2v) is 3.83. The minimum absolute atomic E-state index is 0.0514. The second kappa shape index (κ2) is 6.05. The van der Waals surface area contributed by atoms with E-state index in [1.165, 1.54) is 12.3 Å². The summed E-state index contributed by atoms with van der Waals surface area (Å²) in [6.45, 7) is 3.82. The predicted octanol–water partition coefficient (Wildman–Crippen LogP) is 0.414. The first-order chi connectivity index (χ1) is 8.06. The quantitative estimate of drug-likeness (QED) is 0.663. The Hall–Kier alpha value is -1.82. The van der Waals surface area contributed by atoms with Gasteiger partial charge in [-0.2, -0.15) is 0 Å². The molecule has 1 aromatic rings. The Labute approximate surface area is 99.5 Å². The Morgan fingerprint density at radius 1 is 1.47 bits per heavy atom. The van der Waals surface area contributed by atoms with Gasteiger partial charge in [-0.15, -0.1) is 0 Å². The summed E-state index contributed by atoms with van der Waals surface area (Å²) in [7, 11) is 0. The third kappa shape index (κ3) is 3.60. The van der Waals surface area contributed by atoms with Gasteiger partial charge in [0.2, 0.25) is 0 Å². The molecule has 6 heteroatoms. The fourth-order valence-corrected chi connectivity index (χ4v) is 1.18. The van der Waals surface area contributed by atoms with Gasteiger partial charge < -0.3 is 10.2 Å². The van der Waals surface area contributed by atoms with Crippen LogP contribution < -0.4 is 16.6 Å². The lowest BCUT2D eigenvalue weighted by atomic mass is 10.00. The smallest absolute Gasteiger partial charge is 0.305 e. The monoisotopic (exact) mass is 239 g/mol. The van der Waals surface area contributed by atoms with Crippen LogP contribution in [0.25, 0.3) is 0 Å². The summed E-state index contributed by atoms with van der Waals surface area (Å²) in [4.78, 5) is 22.9. The molecule has 0 aromatic carbocycles. The van der Waals surface area contributed by atoms with Gasteiger partial charge in [0.1, 0.15) is 0 Å². The van der Waals surface area contributed by atoms with E-state index in [-0.39, 0.29) is 11.7 Å². The summed E-state index contributed by atoms with van der Waals surface area (Å²) in [5.74, 6) is -0.753. The number of hydrogen-bond acceptors (Lipinski definition) is 4. The molecule has 0 spiro atoms. The van der Waals surface area contributed by atoms with Crippen LogP contribution in [0, 0.1) is 5.92 Å². The fraction of sp³-hybridized carbons (Fsp3) is 0.455. The molecular weight excluding hydrogens is 222 g/mol. The van der Waals surface area contributed by atoms with Crippen molar-refractivity contribution in [3.63, 3.8) is 0 Å². The van der Waals surface area contributed by atoms with Crippen molar-refractivity contribution in [1.82, 2.24) is 10.9 Å². The molecule has 2 atom stereocenters. The van der Waals surface area contributed by atoms with E-state index in [9.17, 15) is 9.59 Å². The highest BCUT2D eigenvalue weighted by Crippen LogP contribution is 2.04. The van der Waals surface area contributed by atoms with Crippen molar-refractivity contribution in [2.75, 3.05) is 0 Å². The molecule has 1 rings (SSSR count). The van der Waals surface area contributed by atoms with Gasteiger partial charge in [-0.25, -0.2) is 0 Å². The first-order valence-corrected chi connectivity index (χ1v) is 5.45. The molecule has 4 N–H and O–H groups in total. The summed E-state index contributed by atoms with van der Waals surface area (Å²) in [6, 6.07) is 2.44. The molecule has 0 aliphatic rings. The highest BCUT2D eigenvalue weighted by molar-refractivity contribution is 5.93. The summed E-state index contributed by atoms with van der Waals surface area (Å²) in [6.07, 6.45) is 2.17. The zero-order valence-corrected chi connectivity index (χ0v) is 9.90. The van der Waals surface area contributed by atoms with Crippen molar-refractivity contribution in [2.24, 2.45) is 11.7 Å². The SMILES string of the molecule is CCC(C)[C@H](N)C(=O)NNC(=O)c1ccco1. The van der Waals surface area contributed by atoms with Crippen LogP contribution in [-0.4, -0.2) is 17.9 Å². The van der Waals surface area contributed by atoms with Crippen LogP contribution in [0.4, 0.5) is 0 Å². The van der Waals surface area contributed by atoms with Crippen LogP contribution in [0.2, 0.25) is 0 Å². The molecule has 0 fully saturated rings. The number of hydrazine groups is 1. The number of nitrogens with two attached hydrogens (primary N) is 1. The third-order valence-electron chi connectivity index (χ3n) is 2.60. The van der Waals surface area contributed by atoms with Crippen LogP contribution in [0.1, 0.15) is 30.8 Å². The first-order valence-electron chi connectivity index (χ1n) is 5.45. The van der Waals surface area contributed by atoms with Gasteiger partial charge in [-0.05, 0) is 18.1 Å². The molecule has 0 radical (unpaired) electrons. The van der Waals surface area contributed by atoms with Crippen molar-refractivity contribution in [2.45, 2.75) is 26.3 Å². The van der Waals surface area contributed by atoms with Crippen molar-refractivity contribution < 1.29 is 14.0 Å². The van der Waals surface area contributed by atoms with E-state index in [4.69, 9.17) is 10.2 Å². The average molecular weight is 239 g/mol. The van der Waals surface area contributed by atoms with E-state index in [2.05, 4.69) is 10.9 Å². The lowest BCUT2D eigenvalue weighted by molar-refractivity contribution is -0.124. The highest BCUT2D eigenvalue weighted by Gasteiger charge is 2.20. The molecule has 0 aliphatic carbocycles. The molecule has 0 bridgehead atoms. The predicted molar refractivity (Wildman–Crippen MR) is 61.7 cm³/mol. The maximum atomic E-state index is 11.5. The van der Waals surface area contributed by atoms with Crippen molar-refractivity contribution >= 4 is 11.8 Å². The summed E-state index contributed by atoms with van der Waals surface area (Å²) >= 11 is 0. The van der Waals surface area contributed by atoms with Gasteiger partial charge in [-0.3, -0.25) is 20.4 Å².